The number of pyridine rings is 2. The molecule has 0 bridgehead atoms. The molecule has 9 heteroatoms. The molecule has 0 radical (unpaired) electrons. The number of aromatic amines is 2. The van der Waals surface area contributed by atoms with Crippen LogP contribution in [0.1, 0.15) is 46.4 Å². The van der Waals surface area contributed by atoms with Crippen LogP contribution >= 0.6 is 0 Å². The van der Waals surface area contributed by atoms with Crippen LogP contribution < -0.4 is 5.32 Å². The number of nitrogens with one attached hydrogen (secondary N) is 3. The summed E-state index contributed by atoms with van der Waals surface area (Å²) in [6.45, 7) is 0. The standard InChI is InChI=1S/C14H17N3O2.C8H6N2O2/c18-12-6-2-1-4-10(12)17-14(19)9-8-16-11-5-3-7-15-13(9)11;11-8(12)5-4-10-6-2-1-3-9-7(5)6/h3,5,7-8,10,12,16,18H,1-2,4,6H2,(H,17,19);1-4,10H,(H,11,12)/t10-,12+;/m0./s1. The number of aliphatic hydroxyl groups excluding tert-OH is 1. The van der Waals surface area contributed by atoms with Crippen LogP contribution in [0.4, 0.5) is 0 Å². The number of hydrogen-bond acceptors (Lipinski definition) is 5. The Bertz CT molecular complexity index is 1210. The first-order chi connectivity index (χ1) is 15.0. The molecule has 0 aliphatic heterocycles. The maximum Gasteiger partial charge on any atom is 0.339 e. The second-order valence-electron chi connectivity index (χ2n) is 7.44. The SMILES string of the molecule is O=C(N[C@H]1CCCC[C@H]1O)c1c[nH]c2cccnc12.O=C(O)c1c[nH]c2cccnc12. The van der Waals surface area contributed by atoms with Crippen LogP contribution in [0.2, 0.25) is 0 Å². The summed E-state index contributed by atoms with van der Waals surface area (Å²) in [6.07, 6.45) is 9.60. The molecule has 1 aliphatic rings. The molecule has 0 unspecified atom stereocenters. The molecule has 1 amide bonds. The van der Waals surface area contributed by atoms with E-state index in [9.17, 15) is 14.7 Å². The molecule has 0 aromatic carbocycles. The molecule has 0 saturated heterocycles. The Labute approximate surface area is 177 Å². The number of fused-ring (bicyclic) bond motifs is 2. The number of hydrogen-bond donors (Lipinski definition) is 5. The van der Waals surface area contributed by atoms with Crippen LogP contribution in [0.25, 0.3) is 22.1 Å². The molecule has 5 rings (SSSR count). The Morgan fingerprint density at radius 1 is 0.935 bits per heavy atom. The van der Waals surface area contributed by atoms with Crippen molar-refractivity contribution in [3.63, 3.8) is 0 Å². The lowest BCUT2D eigenvalue weighted by Crippen LogP contribution is -2.45. The lowest BCUT2D eigenvalue weighted by molar-refractivity contribution is 0.0698. The van der Waals surface area contributed by atoms with Gasteiger partial charge in [0.2, 0.25) is 0 Å². The summed E-state index contributed by atoms with van der Waals surface area (Å²) < 4.78 is 0. The van der Waals surface area contributed by atoms with Crippen LogP contribution in [-0.2, 0) is 0 Å². The van der Waals surface area contributed by atoms with Crippen molar-refractivity contribution in [1.82, 2.24) is 25.3 Å². The minimum absolute atomic E-state index is 0.144. The minimum atomic E-state index is -0.958. The molecule has 0 spiro atoms. The summed E-state index contributed by atoms with van der Waals surface area (Å²) in [4.78, 5) is 36.9. The quantitative estimate of drug-likeness (QED) is 0.344. The molecule has 4 aromatic rings. The molecule has 31 heavy (non-hydrogen) atoms. The molecule has 2 atom stereocenters. The molecule has 9 nitrogen and oxygen atoms in total. The van der Waals surface area contributed by atoms with Crippen LogP contribution in [0.15, 0.2) is 49.1 Å². The highest BCUT2D eigenvalue weighted by Gasteiger charge is 2.25. The van der Waals surface area contributed by atoms with E-state index < -0.39 is 12.1 Å². The molecule has 160 valence electrons. The highest BCUT2D eigenvalue weighted by molar-refractivity contribution is 6.05. The van der Waals surface area contributed by atoms with E-state index in [4.69, 9.17) is 5.11 Å². The predicted molar refractivity (Wildman–Crippen MR) is 115 cm³/mol. The number of nitrogens with zero attached hydrogens (tertiary/aromatic N) is 2. The average molecular weight is 421 g/mol. The third-order valence-corrected chi connectivity index (χ3v) is 5.39. The van der Waals surface area contributed by atoms with Crippen LogP contribution in [0, 0.1) is 0 Å². The Kier molecular flexibility index (Phi) is 5.94. The molecule has 4 heterocycles. The predicted octanol–water partition coefficient (Wildman–Crippen LogP) is 2.86. The van der Waals surface area contributed by atoms with Crippen molar-refractivity contribution < 1.29 is 19.8 Å². The van der Waals surface area contributed by atoms with E-state index >= 15 is 0 Å². The number of amides is 1. The van der Waals surface area contributed by atoms with Crippen LogP contribution in [-0.4, -0.2) is 54.2 Å². The molecule has 1 aliphatic carbocycles. The van der Waals surface area contributed by atoms with E-state index in [1.165, 1.54) is 6.20 Å². The van der Waals surface area contributed by atoms with Crippen molar-refractivity contribution in [2.75, 3.05) is 0 Å². The second-order valence-corrected chi connectivity index (χ2v) is 7.44. The van der Waals surface area contributed by atoms with Gasteiger partial charge >= 0.3 is 5.97 Å². The summed E-state index contributed by atoms with van der Waals surface area (Å²) in [7, 11) is 0. The van der Waals surface area contributed by atoms with Crippen molar-refractivity contribution in [2.45, 2.75) is 37.8 Å². The number of aliphatic hydroxyl groups is 1. The lowest BCUT2D eigenvalue weighted by Gasteiger charge is -2.28. The number of aromatic nitrogens is 4. The Hall–Kier alpha value is -3.72. The van der Waals surface area contributed by atoms with Gasteiger partial charge in [-0.2, -0.15) is 0 Å². The van der Waals surface area contributed by atoms with E-state index in [2.05, 4.69) is 25.3 Å². The first-order valence-electron chi connectivity index (χ1n) is 10.1. The maximum absolute atomic E-state index is 12.3. The molecule has 5 N–H and O–H groups in total. The number of carbonyl (C=O) groups is 2. The first-order valence-corrected chi connectivity index (χ1v) is 10.1. The zero-order chi connectivity index (χ0) is 21.8. The van der Waals surface area contributed by atoms with Crippen molar-refractivity contribution in [3.8, 4) is 0 Å². The third kappa shape index (κ3) is 4.41. The van der Waals surface area contributed by atoms with Gasteiger partial charge < -0.3 is 25.5 Å². The van der Waals surface area contributed by atoms with Gasteiger partial charge in [-0.25, -0.2) is 4.79 Å². The summed E-state index contributed by atoms with van der Waals surface area (Å²) in [6, 6.07) is 7.11. The average Bonchev–Trinajstić information content (AvgIpc) is 3.40. The Morgan fingerprint density at radius 2 is 1.52 bits per heavy atom. The fraction of sp³-hybridized carbons (Fsp3) is 0.273. The monoisotopic (exact) mass is 421 g/mol. The van der Waals surface area contributed by atoms with Gasteiger partial charge in [0.1, 0.15) is 16.6 Å². The van der Waals surface area contributed by atoms with Gasteiger partial charge in [0.15, 0.2) is 0 Å². The van der Waals surface area contributed by atoms with E-state index in [1.807, 2.05) is 12.1 Å². The molecule has 4 aromatic heterocycles. The first kappa shape index (κ1) is 20.5. The number of carboxylic acids is 1. The highest BCUT2D eigenvalue weighted by Crippen LogP contribution is 2.20. The van der Waals surface area contributed by atoms with Crippen molar-refractivity contribution in [2.24, 2.45) is 0 Å². The van der Waals surface area contributed by atoms with Crippen molar-refractivity contribution in [1.29, 1.82) is 0 Å². The van der Waals surface area contributed by atoms with E-state index in [0.717, 1.165) is 36.7 Å². The maximum atomic E-state index is 12.3. The minimum Gasteiger partial charge on any atom is -0.478 e. The smallest absolute Gasteiger partial charge is 0.339 e. The highest BCUT2D eigenvalue weighted by atomic mass is 16.4. The number of carboxylic acid groups (broad SMARTS) is 1. The summed E-state index contributed by atoms with van der Waals surface area (Å²) in [5, 5.41) is 21.5. The fourth-order valence-corrected chi connectivity index (χ4v) is 3.77. The molecule has 1 fully saturated rings. The largest absolute Gasteiger partial charge is 0.478 e. The number of rotatable bonds is 3. The van der Waals surface area contributed by atoms with E-state index in [-0.39, 0.29) is 17.5 Å². The van der Waals surface area contributed by atoms with Crippen molar-refractivity contribution in [3.05, 3.63) is 60.2 Å². The molecular formula is C22H23N5O4. The zero-order valence-corrected chi connectivity index (χ0v) is 16.7. The topological polar surface area (TPSA) is 144 Å². The normalized spacial score (nSPS) is 18.4. The summed E-state index contributed by atoms with van der Waals surface area (Å²) in [5.41, 5.74) is 3.51. The van der Waals surface area contributed by atoms with Gasteiger partial charge in [0, 0.05) is 24.8 Å². The fourth-order valence-electron chi connectivity index (χ4n) is 3.77. The van der Waals surface area contributed by atoms with Gasteiger partial charge in [-0.3, -0.25) is 14.8 Å². The van der Waals surface area contributed by atoms with Gasteiger partial charge in [0.25, 0.3) is 5.91 Å². The Balaban J connectivity index is 0.000000166. The zero-order valence-electron chi connectivity index (χ0n) is 16.7. The van der Waals surface area contributed by atoms with Gasteiger partial charge in [-0.1, -0.05) is 12.8 Å². The van der Waals surface area contributed by atoms with Crippen molar-refractivity contribution >= 4 is 33.9 Å². The van der Waals surface area contributed by atoms with E-state index in [1.54, 1.807) is 30.7 Å². The summed E-state index contributed by atoms with van der Waals surface area (Å²) in [5.74, 6) is -1.13. The van der Waals surface area contributed by atoms with Crippen LogP contribution in [0.5, 0.6) is 0 Å². The molecular weight excluding hydrogens is 398 g/mol. The number of aromatic carboxylic acids is 1. The van der Waals surface area contributed by atoms with Gasteiger partial charge in [0.05, 0.1) is 28.7 Å². The summed E-state index contributed by atoms with van der Waals surface area (Å²) >= 11 is 0. The van der Waals surface area contributed by atoms with E-state index in [0.29, 0.717) is 16.6 Å². The molecule has 1 saturated carbocycles. The number of H-pyrrole nitrogens is 2. The second kappa shape index (κ2) is 8.97. The van der Waals surface area contributed by atoms with Gasteiger partial charge in [-0.05, 0) is 37.1 Å². The lowest BCUT2D eigenvalue weighted by atomic mass is 9.92. The number of carbonyl (C=O) groups excluding carboxylic acids is 1. The third-order valence-electron chi connectivity index (χ3n) is 5.39. The Morgan fingerprint density at radius 3 is 2.13 bits per heavy atom. The van der Waals surface area contributed by atoms with Gasteiger partial charge in [-0.15, -0.1) is 0 Å². The van der Waals surface area contributed by atoms with Crippen LogP contribution in [0.3, 0.4) is 0 Å².